The lowest BCUT2D eigenvalue weighted by molar-refractivity contribution is -0.233. The summed E-state index contributed by atoms with van der Waals surface area (Å²) in [5.74, 6) is -0.518. The van der Waals surface area contributed by atoms with Crippen LogP contribution in [-0.4, -0.2) is 57.5 Å². The van der Waals surface area contributed by atoms with Crippen molar-refractivity contribution < 1.29 is 22.7 Å². The summed E-state index contributed by atoms with van der Waals surface area (Å²) in [7, 11) is 1.83. The lowest BCUT2D eigenvalue weighted by Gasteiger charge is -2.33. The van der Waals surface area contributed by atoms with E-state index in [1.165, 1.54) is 6.07 Å². The van der Waals surface area contributed by atoms with Crippen LogP contribution < -0.4 is 0 Å². The van der Waals surface area contributed by atoms with Crippen LogP contribution in [0.4, 0.5) is 13.2 Å². The Kier molecular flexibility index (Phi) is 3.88. The quantitative estimate of drug-likeness (QED) is 0.915. The highest BCUT2D eigenvalue weighted by Crippen LogP contribution is 2.26. The number of alkyl halides is 3. The number of carbonyl (C=O) groups is 1. The van der Waals surface area contributed by atoms with Gasteiger partial charge in [-0.1, -0.05) is 0 Å². The number of nitrogens with one attached hydrogen (secondary N) is 1. The second-order valence-corrected chi connectivity index (χ2v) is 5.32. The third kappa shape index (κ3) is 3.09. The van der Waals surface area contributed by atoms with Crippen LogP contribution >= 0.6 is 0 Å². The first-order valence-corrected chi connectivity index (χ1v) is 7.01. The van der Waals surface area contributed by atoms with E-state index >= 15 is 0 Å². The number of ether oxygens (including phenoxy) is 1. The van der Waals surface area contributed by atoms with Crippen LogP contribution in [0, 0.1) is 0 Å². The number of aryl methyl sites for hydroxylation is 1. The fourth-order valence-corrected chi connectivity index (χ4v) is 2.49. The Balaban J connectivity index is 1.76. The number of aromatic amines is 1. The molecule has 23 heavy (non-hydrogen) atoms. The summed E-state index contributed by atoms with van der Waals surface area (Å²) >= 11 is 0. The summed E-state index contributed by atoms with van der Waals surface area (Å²) < 4.78 is 44.7. The molecule has 0 spiro atoms. The van der Waals surface area contributed by atoms with Crippen molar-refractivity contribution in [1.82, 2.24) is 19.7 Å². The normalized spacial score (nSPS) is 19.1. The molecule has 2 aromatic rings. The van der Waals surface area contributed by atoms with Gasteiger partial charge in [-0.05, 0) is 18.2 Å². The lowest BCUT2D eigenvalue weighted by Crippen LogP contribution is -2.51. The third-order valence-electron chi connectivity index (χ3n) is 3.73. The van der Waals surface area contributed by atoms with Gasteiger partial charge in [0, 0.05) is 19.8 Å². The molecule has 1 saturated heterocycles. The molecule has 1 aliphatic rings. The van der Waals surface area contributed by atoms with Crippen molar-refractivity contribution in [3.8, 4) is 11.4 Å². The summed E-state index contributed by atoms with van der Waals surface area (Å²) in [5, 5.41) is 6.65. The molecule has 2 aromatic heterocycles. The predicted molar refractivity (Wildman–Crippen MR) is 74.7 cm³/mol. The molecule has 124 valence electrons. The van der Waals surface area contributed by atoms with Gasteiger partial charge in [-0.2, -0.15) is 18.3 Å². The SMILES string of the molecule is Cn1cccc1-c1cc(C(=O)N2CCO[C@@H](C(F)(F)F)C2)[nH]n1. The molecular formula is C14H15F3N4O2. The number of morpholine rings is 1. The molecule has 1 fully saturated rings. The number of hydrogen-bond acceptors (Lipinski definition) is 3. The van der Waals surface area contributed by atoms with Crippen molar-refractivity contribution in [1.29, 1.82) is 0 Å². The highest BCUT2D eigenvalue weighted by atomic mass is 19.4. The average Bonchev–Trinajstić information content (AvgIpc) is 3.14. The molecule has 6 nitrogen and oxygen atoms in total. The molecule has 0 radical (unpaired) electrons. The zero-order valence-electron chi connectivity index (χ0n) is 12.3. The van der Waals surface area contributed by atoms with Gasteiger partial charge in [0.25, 0.3) is 5.91 Å². The van der Waals surface area contributed by atoms with Gasteiger partial charge in [0.05, 0.1) is 18.8 Å². The molecule has 1 amide bonds. The fourth-order valence-electron chi connectivity index (χ4n) is 2.49. The van der Waals surface area contributed by atoms with E-state index in [2.05, 4.69) is 10.2 Å². The summed E-state index contributed by atoms with van der Waals surface area (Å²) in [6.07, 6.45) is -4.60. The Morgan fingerprint density at radius 3 is 2.91 bits per heavy atom. The summed E-state index contributed by atoms with van der Waals surface area (Å²) in [6.45, 7) is -0.542. The molecule has 0 aromatic carbocycles. The van der Waals surface area contributed by atoms with E-state index in [4.69, 9.17) is 4.74 Å². The number of hydrogen-bond donors (Lipinski definition) is 1. The van der Waals surface area contributed by atoms with Gasteiger partial charge in [0.15, 0.2) is 6.10 Å². The van der Waals surface area contributed by atoms with E-state index < -0.39 is 24.7 Å². The fraction of sp³-hybridized carbons (Fsp3) is 0.429. The van der Waals surface area contributed by atoms with Gasteiger partial charge >= 0.3 is 6.18 Å². The van der Waals surface area contributed by atoms with Crippen LogP contribution in [0.1, 0.15) is 10.5 Å². The standard InChI is InChI=1S/C14H15F3N4O2/c1-20-4-2-3-11(20)9-7-10(19-18-9)13(22)21-5-6-23-12(8-21)14(15,16)17/h2-4,7,12H,5-6,8H2,1H3,(H,18,19)/t12-/m1/s1. The van der Waals surface area contributed by atoms with Gasteiger partial charge in [-0.15, -0.1) is 0 Å². The number of nitrogens with zero attached hydrogens (tertiary/aromatic N) is 3. The Hall–Kier alpha value is -2.29. The van der Waals surface area contributed by atoms with E-state index in [0.29, 0.717) is 5.69 Å². The first-order valence-electron chi connectivity index (χ1n) is 7.01. The van der Waals surface area contributed by atoms with Crippen LogP contribution in [-0.2, 0) is 11.8 Å². The molecule has 0 saturated carbocycles. The summed E-state index contributed by atoms with van der Waals surface area (Å²) in [6, 6.07) is 5.20. The van der Waals surface area contributed by atoms with Crippen molar-refractivity contribution >= 4 is 5.91 Å². The minimum Gasteiger partial charge on any atom is -0.365 e. The maximum atomic E-state index is 12.7. The van der Waals surface area contributed by atoms with E-state index in [-0.39, 0.29) is 18.8 Å². The Morgan fingerprint density at radius 2 is 2.26 bits per heavy atom. The molecule has 1 N–H and O–H groups in total. The molecule has 1 aliphatic heterocycles. The van der Waals surface area contributed by atoms with Gasteiger partial charge < -0.3 is 14.2 Å². The van der Waals surface area contributed by atoms with E-state index in [9.17, 15) is 18.0 Å². The molecule has 3 heterocycles. The average molecular weight is 328 g/mol. The molecule has 9 heteroatoms. The van der Waals surface area contributed by atoms with E-state index in [0.717, 1.165) is 10.6 Å². The smallest absolute Gasteiger partial charge is 0.365 e. The number of carbonyl (C=O) groups excluding carboxylic acids is 1. The topological polar surface area (TPSA) is 63.1 Å². The third-order valence-corrected chi connectivity index (χ3v) is 3.73. The molecular weight excluding hydrogens is 313 g/mol. The molecule has 0 bridgehead atoms. The minimum atomic E-state index is -4.48. The molecule has 1 atom stereocenters. The van der Waals surface area contributed by atoms with Crippen molar-refractivity contribution in [2.45, 2.75) is 12.3 Å². The van der Waals surface area contributed by atoms with Crippen LogP contribution in [0.5, 0.6) is 0 Å². The number of halogens is 3. The highest BCUT2D eigenvalue weighted by Gasteiger charge is 2.44. The maximum Gasteiger partial charge on any atom is 0.416 e. The van der Waals surface area contributed by atoms with Crippen molar-refractivity contribution in [2.75, 3.05) is 19.7 Å². The first kappa shape index (κ1) is 15.6. The Bertz CT molecular complexity index is 707. The minimum absolute atomic E-state index is 0.115. The first-order chi connectivity index (χ1) is 10.9. The Labute approximate surface area is 129 Å². The molecule has 0 unspecified atom stereocenters. The number of rotatable bonds is 2. The number of amides is 1. The number of aromatic nitrogens is 3. The predicted octanol–water partition coefficient (Wildman–Crippen LogP) is 1.82. The van der Waals surface area contributed by atoms with Crippen LogP contribution in [0.2, 0.25) is 0 Å². The highest BCUT2D eigenvalue weighted by molar-refractivity contribution is 5.93. The second-order valence-electron chi connectivity index (χ2n) is 5.32. The summed E-state index contributed by atoms with van der Waals surface area (Å²) in [4.78, 5) is 13.5. The van der Waals surface area contributed by atoms with Crippen LogP contribution in [0.25, 0.3) is 11.4 Å². The van der Waals surface area contributed by atoms with Gasteiger partial charge in [-0.25, -0.2) is 0 Å². The van der Waals surface area contributed by atoms with Crippen molar-refractivity contribution in [3.05, 3.63) is 30.1 Å². The van der Waals surface area contributed by atoms with Gasteiger partial charge in [0.2, 0.25) is 0 Å². The molecule has 0 aliphatic carbocycles. The van der Waals surface area contributed by atoms with Crippen molar-refractivity contribution in [3.63, 3.8) is 0 Å². The Morgan fingerprint density at radius 1 is 1.48 bits per heavy atom. The van der Waals surface area contributed by atoms with E-state index in [1.54, 1.807) is 0 Å². The zero-order valence-corrected chi connectivity index (χ0v) is 12.3. The van der Waals surface area contributed by atoms with E-state index in [1.807, 2.05) is 29.9 Å². The largest absolute Gasteiger partial charge is 0.416 e. The number of H-pyrrole nitrogens is 1. The second kappa shape index (κ2) is 5.73. The van der Waals surface area contributed by atoms with Gasteiger partial charge in [-0.3, -0.25) is 9.89 Å². The van der Waals surface area contributed by atoms with Crippen LogP contribution in [0.15, 0.2) is 24.4 Å². The van der Waals surface area contributed by atoms with Gasteiger partial charge in [0.1, 0.15) is 11.4 Å². The summed E-state index contributed by atoms with van der Waals surface area (Å²) in [5.41, 5.74) is 1.51. The van der Waals surface area contributed by atoms with Crippen molar-refractivity contribution in [2.24, 2.45) is 7.05 Å². The molecule has 3 rings (SSSR count). The lowest BCUT2D eigenvalue weighted by atomic mass is 10.2. The zero-order chi connectivity index (χ0) is 16.6. The maximum absolute atomic E-state index is 12.7. The monoisotopic (exact) mass is 328 g/mol. The van der Waals surface area contributed by atoms with Crippen LogP contribution in [0.3, 0.4) is 0 Å².